The van der Waals surface area contributed by atoms with Crippen LogP contribution >= 0.6 is 23.4 Å². The number of rotatable bonds is 4. The predicted molar refractivity (Wildman–Crippen MR) is 61.5 cm³/mol. The molecule has 1 unspecified atom stereocenters. The lowest BCUT2D eigenvalue weighted by atomic mass is 10.4. The Kier molecular flexibility index (Phi) is 4.35. The summed E-state index contributed by atoms with van der Waals surface area (Å²) in [5, 5.41) is 11.7. The Bertz CT molecular complexity index is 373. The Hall–Kier alpha value is -0.810. The van der Waals surface area contributed by atoms with Crippen LogP contribution in [0.1, 0.15) is 20.3 Å². The van der Waals surface area contributed by atoms with Gasteiger partial charge >= 0.3 is 5.69 Å². The molecule has 1 rings (SSSR count). The largest absolute Gasteiger partial charge is 0.301 e. The molecule has 6 heteroatoms. The minimum Gasteiger partial charge on any atom is -0.258 e. The first-order valence-corrected chi connectivity index (χ1v) is 5.78. The number of pyridine rings is 1. The smallest absolute Gasteiger partial charge is 0.258 e. The van der Waals surface area contributed by atoms with Crippen molar-refractivity contribution in [2.75, 3.05) is 0 Å². The van der Waals surface area contributed by atoms with Gasteiger partial charge in [0.15, 0.2) is 5.03 Å². The lowest BCUT2D eigenvalue weighted by Gasteiger charge is -2.07. The maximum absolute atomic E-state index is 10.7. The maximum Gasteiger partial charge on any atom is 0.301 e. The molecular weight excluding hydrogens is 236 g/mol. The van der Waals surface area contributed by atoms with E-state index in [-0.39, 0.29) is 16.1 Å². The molecular formula is C9H11ClN2O2S. The minimum atomic E-state index is -0.436. The van der Waals surface area contributed by atoms with Crippen LogP contribution in [0.25, 0.3) is 0 Å². The highest BCUT2D eigenvalue weighted by atomic mass is 35.5. The van der Waals surface area contributed by atoms with Crippen LogP contribution in [-0.2, 0) is 0 Å². The second-order valence-electron chi connectivity index (χ2n) is 3.05. The van der Waals surface area contributed by atoms with Gasteiger partial charge in [-0.3, -0.25) is 10.1 Å². The van der Waals surface area contributed by atoms with E-state index in [4.69, 9.17) is 11.6 Å². The van der Waals surface area contributed by atoms with Crippen LogP contribution in [0.3, 0.4) is 0 Å². The van der Waals surface area contributed by atoms with Gasteiger partial charge in [-0.25, -0.2) is 4.98 Å². The first-order valence-electron chi connectivity index (χ1n) is 4.52. The molecule has 0 N–H and O–H groups in total. The molecule has 1 aromatic heterocycles. The predicted octanol–water partition coefficient (Wildman–Crippen LogP) is 3.53. The Morgan fingerprint density at radius 3 is 2.87 bits per heavy atom. The molecule has 0 spiro atoms. The van der Waals surface area contributed by atoms with Gasteiger partial charge in [0.05, 0.1) is 4.92 Å². The van der Waals surface area contributed by atoms with E-state index < -0.39 is 4.92 Å². The van der Waals surface area contributed by atoms with E-state index in [2.05, 4.69) is 4.98 Å². The third-order valence-corrected chi connectivity index (χ3v) is 3.36. The average molecular weight is 247 g/mol. The van der Waals surface area contributed by atoms with Crippen molar-refractivity contribution in [3.05, 3.63) is 27.4 Å². The summed E-state index contributed by atoms with van der Waals surface area (Å²) in [6.07, 6.45) is 0.927. The van der Waals surface area contributed by atoms with Crippen LogP contribution in [0.5, 0.6) is 0 Å². The summed E-state index contributed by atoms with van der Waals surface area (Å²) in [6.45, 7) is 4.02. The molecule has 0 bridgehead atoms. The number of halogens is 1. The molecule has 4 nitrogen and oxygen atoms in total. The molecule has 0 saturated heterocycles. The van der Waals surface area contributed by atoms with Crippen molar-refractivity contribution < 1.29 is 4.92 Å². The highest BCUT2D eigenvalue weighted by molar-refractivity contribution is 8.00. The fourth-order valence-electron chi connectivity index (χ4n) is 0.910. The molecule has 0 amide bonds. The Labute approximate surface area is 97.2 Å². The van der Waals surface area contributed by atoms with E-state index in [1.54, 1.807) is 0 Å². The van der Waals surface area contributed by atoms with Gasteiger partial charge in [0, 0.05) is 11.3 Å². The normalized spacial score (nSPS) is 12.5. The van der Waals surface area contributed by atoms with Crippen LogP contribution in [0.2, 0.25) is 5.15 Å². The topological polar surface area (TPSA) is 56.0 Å². The van der Waals surface area contributed by atoms with Crippen molar-refractivity contribution in [1.29, 1.82) is 0 Å². The van der Waals surface area contributed by atoms with Gasteiger partial charge in [0.2, 0.25) is 0 Å². The summed E-state index contributed by atoms with van der Waals surface area (Å²) in [6, 6.07) is 2.82. The maximum atomic E-state index is 10.7. The molecule has 1 heterocycles. The Morgan fingerprint density at radius 1 is 1.67 bits per heavy atom. The fourth-order valence-corrected chi connectivity index (χ4v) is 2.07. The first kappa shape index (κ1) is 12.3. The van der Waals surface area contributed by atoms with Crippen molar-refractivity contribution in [3.8, 4) is 0 Å². The summed E-state index contributed by atoms with van der Waals surface area (Å²) >= 11 is 7.08. The molecule has 0 aliphatic carbocycles. The summed E-state index contributed by atoms with van der Waals surface area (Å²) < 4.78 is 0. The molecule has 1 atom stereocenters. The summed E-state index contributed by atoms with van der Waals surface area (Å²) in [5.74, 6) is 0. The van der Waals surface area contributed by atoms with E-state index in [0.717, 1.165) is 6.42 Å². The summed E-state index contributed by atoms with van der Waals surface area (Å²) in [7, 11) is 0. The van der Waals surface area contributed by atoms with Crippen LogP contribution in [0.15, 0.2) is 17.2 Å². The lowest BCUT2D eigenvalue weighted by molar-refractivity contribution is -0.388. The number of aromatic nitrogens is 1. The summed E-state index contributed by atoms with van der Waals surface area (Å²) in [4.78, 5) is 14.2. The van der Waals surface area contributed by atoms with E-state index >= 15 is 0 Å². The molecule has 0 aliphatic heterocycles. The number of thioether (sulfide) groups is 1. The van der Waals surface area contributed by atoms with Gasteiger partial charge in [0.25, 0.3) is 0 Å². The zero-order valence-corrected chi connectivity index (χ0v) is 10.0. The molecule has 15 heavy (non-hydrogen) atoms. The van der Waals surface area contributed by atoms with Gasteiger partial charge in [0.1, 0.15) is 5.15 Å². The molecule has 1 aromatic rings. The van der Waals surface area contributed by atoms with Crippen LogP contribution in [0.4, 0.5) is 5.69 Å². The van der Waals surface area contributed by atoms with E-state index in [1.807, 2.05) is 13.8 Å². The molecule has 0 saturated carbocycles. The molecule has 82 valence electrons. The zero-order valence-electron chi connectivity index (χ0n) is 8.44. The van der Waals surface area contributed by atoms with Gasteiger partial charge in [-0.2, -0.15) is 0 Å². The Morgan fingerprint density at radius 2 is 2.33 bits per heavy atom. The molecule has 0 aromatic carbocycles. The van der Waals surface area contributed by atoms with Gasteiger partial charge in [-0.05, 0) is 12.5 Å². The number of hydrogen-bond donors (Lipinski definition) is 0. The van der Waals surface area contributed by atoms with Gasteiger partial charge in [-0.1, -0.05) is 37.2 Å². The van der Waals surface area contributed by atoms with Crippen LogP contribution < -0.4 is 0 Å². The van der Waals surface area contributed by atoms with Crippen molar-refractivity contribution in [3.63, 3.8) is 0 Å². The quantitative estimate of drug-likeness (QED) is 0.353. The molecule has 0 radical (unpaired) electrons. The second-order valence-corrected chi connectivity index (χ2v) is 4.87. The average Bonchev–Trinajstić information content (AvgIpc) is 2.17. The number of nitrogens with zero attached hydrogens (tertiary/aromatic N) is 2. The van der Waals surface area contributed by atoms with Crippen LogP contribution in [-0.4, -0.2) is 15.2 Å². The van der Waals surface area contributed by atoms with E-state index in [9.17, 15) is 10.1 Å². The van der Waals surface area contributed by atoms with E-state index in [0.29, 0.717) is 5.03 Å². The Balaban J connectivity index is 3.02. The first-order chi connectivity index (χ1) is 7.04. The van der Waals surface area contributed by atoms with E-state index in [1.165, 1.54) is 23.9 Å². The molecule has 0 fully saturated rings. The van der Waals surface area contributed by atoms with Gasteiger partial charge < -0.3 is 0 Å². The highest BCUT2D eigenvalue weighted by Crippen LogP contribution is 2.32. The standard InChI is InChI=1S/C9H11ClN2O2S/c1-3-6(2)15-9-7(12(13)14)4-5-8(10)11-9/h4-6H,3H2,1-2H3. The van der Waals surface area contributed by atoms with Crippen molar-refractivity contribution >= 4 is 29.1 Å². The lowest BCUT2D eigenvalue weighted by Crippen LogP contribution is -1.98. The SMILES string of the molecule is CCC(C)Sc1nc(Cl)ccc1[N+](=O)[O-]. The monoisotopic (exact) mass is 246 g/mol. The molecule has 0 aliphatic rings. The third kappa shape index (κ3) is 3.35. The minimum absolute atomic E-state index is 0.0182. The van der Waals surface area contributed by atoms with Crippen LogP contribution in [0, 0.1) is 10.1 Å². The zero-order chi connectivity index (χ0) is 11.4. The van der Waals surface area contributed by atoms with Gasteiger partial charge in [-0.15, -0.1) is 0 Å². The third-order valence-electron chi connectivity index (χ3n) is 1.89. The highest BCUT2D eigenvalue weighted by Gasteiger charge is 2.17. The van der Waals surface area contributed by atoms with Crippen molar-refractivity contribution in [2.24, 2.45) is 0 Å². The fraction of sp³-hybridized carbons (Fsp3) is 0.444. The van der Waals surface area contributed by atoms with Crippen molar-refractivity contribution in [2.45, 2.75) is 30.5 Å². The second kappa shape index (κ2) is 5.32. The van der Waals surface area contributed by atoms with Crippen molar-refractivity contribution in [1.82, 2.24) is 4.98 Å². The number of nitro groups is 1. The number of hydrogen-bond acceptors (Lipinski definition) is 4. The summed E-state index contributed by atoms with van der Waals surface area (Å²) in [5.41, 5.74) is 0.0182.